The van der Waals surface area contributed by atoms with Crippen molar-refractivity contribution in [1.82, 2.24) is 10.2 Å². The number of hydrogen-bond donors (Lipinski definition) is 2. The van der Waals surface area contributed by atoms with E-state index in [1.54, 1.807) is 36.4 Å². The van der Waals surface area contributed by atoms with Crippen molar-refractivity contribution in [3.8, 4) is 0 Å². The van der Waals surface area contributed by atoms with Crippen molar-refractivity contribution in [3.05, 3.63) is 58.6 Å². The maximum atomic E-state index is 12.7. The van der Waals surface area contributed by atoms with Crippen LogP contribution in [-0.4, -0.2) is 44.4 Å². The highest BCUT2D eigenvalue weighted by Gasteiger charge is 2.28. The van der Waals surface area contributed by atoms with Crippen LogP contribution in [0.25, 0.3) is 0 Å². The highest BCUT2D eigenvalue weighted by molar-refractivity contribution is 9.10. The lowest BCUT2D eigenvalue weighted by molar-refractivity contribution is 0.0797. The number of amides is 1. The lowest BCUT2D eigenvalue weighted by Gasteiger charge is -2.41. The molecule has 8 heteroatoms. The molecule has 0 radical (unpaired) electrons. The minimum Gasteiger partial charge on any atom is -0.350 e. The molecule has 0 spiro atoms. The summed E-state index contributed by atoms with van der Waals surface area (Å²) < 4.78 is 28.5. The molecular weight excluding hydrogens is 466 g/mol. The third-order valence-corrected chi connectivity index (χ3v) is 7.32. The Hall–Kier alpha value is -1.90. The highest BCUT2D eigenvalue weighted by atomic mass is 79.9. The second kappa shape index (κ2) is 9.49. The quantitative estimate of drug-likeness (QED) is 0.604. The van der Waals surface area contributed by atoms with Crippen molar-refractivity contribution < 1.29 is 13.2 Å². The minimum absolute atomic E-state index is 0.128. The molecule has 30 heavy (non-hydrogen) atoms. The van der Waals surface area contributed by atoms with Crippen molar-refractivity contribution in [2.75, 3.05) is 24.4 Å². The van der Waals surface area contributed by atoms with E-state index >= 15 is 0 Å². The van der Waals surface area contributed by atoms with E-state index in [4.69, 9.17) is 0 Å². The fraction of sp³-hybridized carbons (Fsp3) is 0.409. The Morgan fingerprint density at radius 2 is 1.73 bits per heavy atom. The number of hydrogen-bond acceptors (Lipinski definition) is 4. The lowest BCUT2D eigenvalue weighted by Crippen LogP contribution is -2.53. The number of sulfonamides is 1. The lowest BCUT2D eigenvalue weighted by atomic mass is 9.98. The van der Waals surface area contributed by atoms with Crippen LogP contribution in [0.3, 0.4) is 0 Å². The van der Waals surface area contributed by atoms with E-state index in [0.29, 0.717) is 17.8 Å². The number of piperidine rings is 1. The van der Waals surface area contributed by atoms with Gasteiger partial charge in [0.1, 0.15) is 0 Å². The molecule has 2 N–H and O–H groups in total. The van der Waals surface area contributed by atoms with Crippen LogP contribution in [0.2, 0.25) is 0 Å². The Morgan fingerprint density at radius 3 is 2.40 bits per heavy atom. The van der Waals surface area contributed by atoms with Gasteiger partial charge in [0.25, 0.3) is 15.9 Å². The van der Waals surface area contributed by atoms with E-state index < -0.39 is 10.0 Å². The molecule has 6 nitrogen and oxygen atoms in total. The van der Waals surface area contributed by atoms with E-state index in [0.717, 1.165) is 17.6 Å². The van der Waals surface area contributed by atoms with Gasteiger partial charge in [0.15, 0.2) is 0 Å². The molecule has 2 aromatic carbocycles. The number of nitrogens with one attached hydrogen (secondary N) is 2. The maximum Gasteiger partial charge on any atom is 0.261 e. The fourth-order valence-electron chi connectivity index (χ4n) is 3.56. The maximum absolute atomic E-state index is 12.7. The molecule has 0 aromatic heterocycles. The number of nitrogens with zero attached hydrogens (tertiary/aromatic N) is 1. The van der Waals surface area contributed by atoms with Crippen LogP contribution in [0.1, 0.15) is 43.5 Å². The van der Waals surface area contributed by atoms with Gasteiger partial charge in [-0.25, -0.2) is 8.42 Å². The van der Waals surface area contributed by atoms with E-state index in [-0.39, 0.29) is 16.3 Å². The Morgan fingerprint density at radius 1 is 1.07 bits per heavy atom. The van der Waals surface area contributed by atoms with Crippen molar-refractivity contribution >= 4 is 37.5 Å². The Balaban J connectivity index is 1.65. The molecule has 1 heterocycles. The molecule has 0 atom stereocenters. The smallest absolute Gasteiger partial charge is 0.261 e. The molecule has 162 valence electrons. The molecule has 1 aliphatic rings. The molecule has 1 aliphatic heterocycles. The van der Waals surface area contributed by atoms with Crippen LogP contribution < -0.4 is 10.0 Å². The third kappa shape index (κ3) is 5.83. The summed E-state index contributed by atoms with van der Waals surface area (Å²) in [4.78, 5) is 15.3. The van der Waals surface area contributed by atoms with Crippen LogP contribution in [0.15, 0.2) is 57.9 Å². The van der Waals surface area contributed by atoms with Crippen molar-refractivity contribution in [3.63, 3.8) is 0 Å². The summed E-state index contributed by atoms with van der Waals surface area (Å²) in [5.74, 6) is -0.218. The zero-order valence-electron chi connectivity index (χ0n) is 17.3. The second-order valence-corrected chi connectivity index (χ2v) is 10.8. The number of carbonyl (C=O) groups excluding carboxylic acids is 1. The summed E-state index contributed by atoms with van der Waals surface area (Å²) in [6, 6.07) is 12.9. The standard InChI is InChI=1S/C22H28BrN3O3S/c1-22(2,26-13-4-3-5-14-26)16-24-21(27)17-7-6-8-19(15-17)25-30(28,29)20-11-9-18(23)10-12-20/h6-12,15,25H,3-5,13-14,16H2,1-2H3,(H,24,27). The van der Waals surface area contributed by atoms with Gasteiger partial charge in [-0.15, -0.1) is 0 Å². The molecule has 1 fully saturated rings. The zero-order valence-corrected chi connectivity index (χ0v) is 19.7. The first-order valence-electron chi connectivity index (χ1n) is 10.1. The molecule has 0 unspecified atom stereocenters. The number of rotatable bonds is 7. The summed E-state index contributed by atoms with van der Waals surface area (Å²) >= 11 is 3.30. The van der Waals surface area contributed by atoms with Crippen molar-refractivity contribution in [2.24, 2.45) is 0 Å². The molecule has 0 aliphatic carbocycles. The van der Waals surface area contributed by atoms with Crippen LogP contribution in [0.5, 0.6) is 0 Å². The van der Waals surface area contributed by atoms with Crippen LogP contribution >= 0.6 is 15.9 Å². The Labute approximate surface area is 187 Å². The first-order chi connectivity index (χ1) is 14.2. The molecule has 0 saturated carbocycles. The van der Waals surface area contributed by atoms with E-state index in [9.17, 15) is 13.2 Å². The molecule has 3 rings (SSSR count). The topological polar surface area (TPSA) is 78.5 Å². The Kier molecular flexibility index (Phi) is 7.21. The van der Waals surface area contributed by atoms with Gasteiger partial charge in [-0.2, -0.15) is 0 Å². The summed E-state index contributed by atoms with van der Waals surface area (Å²) in [5.41, 5.74) is 0.637. The molecular formula is C22H28BrN3O3S. The van der Waals surface area contributed by atoms with Gasteiger partial charge in [0.05, 0.1) is 4.90 Å². The molecule has 2 aromatic rings. The average Bonchev–Trinajstić information content (AvgIpc) is 2.73. The van der Waals surface area contributed by atoms with Crippen LogP contribution in [0, 0.1) is 0 Å². The van der Waals surface area contributed by atoms with Gasteiger partial charge in [-0.05, 0) is 82.2 Å². The van der Waals surface area contributed by atoms with Crippen molar-refractivity contribution in [2.45, 2.75) is 43.5 Å². The van der Waals surface area contributed by atoms with Gasteiger partial charge in [-0.3, -0.25) is 14.4 Å². The van der Waals surface area contributed by atoms with E-state index in [1.807, 2.05) is 0 Å². The van der Waals surface area contributed by atoms with Gasteiger partial charge in [0.2, 0.25) is 0 Å². The SMILES string of the molecule is CC(C)(CNC(=O)c1cccc(NS(=O)(=O)c2ccc(Br)cc2)c1)N1CCCCC1. The van der Waals surface area contributed by atoms with Crippen LogP contribution in [-0.2, 0) is 10.0 Å². The third-order valence-electron chi connectivity index (χ3n) is 5.39. The van der Waals surface area contributed by atoms with Crippen LogP contribution in [0.4, 0.5) is 5.69 Å². The summed E-state index contributed by atoms with van der Waals surface area (Å²) in [7, 11) is -3.73. The Bertz CT molecular complexity index is 985. The number of halogens is 1. The predicted octanol–water partition coefficient (Wildman–Crippen LogP) is 4.24. The summed E-state index contributed by atoms with van der Waals surface area (Å²) in [6.07, 6.45) is 3.65. The largest absolute Gasteiger partial charge is 0.350 e. The first kappa shape index (κ1) is 22.8. The van der Waals surface area contributed by atoms with Crippen molar-refractivity contribution in [1.29, 1.82) is 0 Å². The second-order valence-electron chi connectivity index (χ2n) is 8.18. The molecule has 1 saturated heterocycles. The van der Waals surface area contributed by atoms with Gasteiger partial charge in [0, 0.05) is 27.8 Å². The number of carbonyl (C=O) groups is 1. The molecule has 1 amide bonds. The number of likely N-dealkylation sites (tertiary alicyclic amines) is 1. The molecule has 0 bridgehead atoms. The zero-order chi connectivity index (χ0) is 21.8. The van der Waals surface area contributed by atoms with Gasteiger partial charge < -0.3 is 5.32 Å². The fourth-order valence-corrected chi connectivity index (χ4v) is 4.88. The van der Waals surface area contributed by atoms with E-state index in [2.05, 4.69) is 44.7 Å². The highest BCUT2D eigenvalue weighted by Crippen LogP contribution is 2.21. The monoisotopic (exact) mass is 493 g/mol. The van der Waals surface area contributed by atoms with Gasteiger partial charge >= 0.3 is 0 Å². The average molecular weight is 494 g/mol. The minimum atomic E-state index is -3.73. The number of anilines is 1. The summed E-state index contributed by atoms with van der Waals surface area (Å²) in [5, 5.41) is 3.00. The van der Waals surface area contributed by atoms with E-state index in [1.165, 1.54) is 31.4 Å². The summed E-state index contributed by atoms with van der Waals surface area (Å²) in [6.45, 7) is 6.91. The van der Waals surface area contributed by atoms with Gasteiger partial charge in [-0.1, -0.05) is 28.4 Å². The number of benzene rings is 2. The first-order valence-corrected chi connectivity index (χ1v) is 12.4. The normalized spacial score (nSPS) is 15.6. The predicted molar refractivity (Wildman–Crippen MR) is 123 cm³/mol.